The zero-order valence-electron chi connectivity index (χ0n) is 16.7. The van der Waals surface area contributed by atoms with Crippen molar-refractivity contribution in [3.8, 4) is 11.1 Å². The third-order valence-corrected chi connectivity index (χ3v) is 6.38. The number of hydrogen-bond acceptors (Lipinski definition) is 5. The van der Waals surface area contributed by atoms with Gasteiger partial charge in [0.25, 0.3) is 0 Å². The highest BCUT2D eigenvalue weighted by Gasteiger charge is 2.44. The van der Waals surface area contributed by atoms with Gasteiger partial charge >= 0.3 is 0 Å². The Kier molecular flexibility index (Phi) is 4.31. The molecular formula is C22H21N3O3S. The van der Waals surface area contributed by atoms with Gasteiger partial charge in [-0.3, -0.25) is 9.69 Å². The van der Waals surface area contributed by atoms with Crippen LogP contribution < -0.4 is 4.90 Å². The van der Waals surface area contributed by atoms with E-state index in [1.807, 2.05) is 39.0 Å². The lowest BCUT2D eigenvalue weighted by atomic mass is 9.85. The highest BCUT2D eigenvalue weighted by molar-refractivity contribution is 7.90. The molecule has 148 valence electrons. The molecule has 1 aliphatic rings. The Bertz CT molecular complexity index is 1230. The maximum Gasteiger partial charge on any atom is 0.241 e. The van der Waals surface area contributed by atoms with Crippen molar-refractivity contribution in [3.63, 3.8) is 0 Å². The molecule has 2 aromatic carbocycles. The van der Waals surface area contributed by atoms with Gasteiger partial charge in [0, 0.05) is 24.2 Å². The largest absolute Gasteiger partial charge is 0.280 e. The summed E-state index contributed by atoms with van der Waals surface area (Å²) < 4.78 is 24.0. The van der Waals surface area contributed by atoms with Crippen molar-refractivity contribution >= 4 is 27.1 Å². The fraction of sp³-hybridized carbons (Fsp3) is 0.227. The number of aromatic nitrogens is 2. The molecule has 1 aliphatic heterocycles. The number of fused-ring (bicyclic) bond motifs is 1. The van der Waals surface area contributed by atoms with E-state index >= 15 is 0 Å². The van der Waals surface area contributed by atoms with E-state index in [9.17, 15) is 13.2 Å². The van der Waals surface area contributed by atoms with Crippen LogP contribution in [0.3, 0.4) is 0 Å². The second kappa shape index (κ2) is 6.49. The first-order valence-corrected chi connectivity index (χ1v) is 11.1. The molecule has 0 spiro atoms. The van der Waals surface area contributed by atoms with Gasteiger partial charge in [0.1, 0.15) is 5.82 Å². The molecule has 1 amide bonds. The molecule has 1 aromatic heterocycles. The molecule has 4 rings (SSSR count). The van der Waals surface area contributed by atoms with Crippen molar-refractivity contribution < 1.29 is 13.2 Å². The standard InChI is InChI=1S/C22H21N3O3S/c1-14-23-12-16(13-24-14)15-8-9-19-20(10-15)25(21(26)22(19,2)3)17-6-5-7-18(11-17)29(4,27)28/h5-13H,1-4H3. The minimum absolute atomic E-state index is 0.101. The number of aryl methyl sites for hydroxylation is 1. The van der Waals surface area contributed by atoms with E-state index in [-0.39, 0.29) is 10.8 Å². The number of nitrogens with zero attached hydrogens (tertiary/aromatic N) is 3. The summed E-state index contributed by atoms with van der Waals surface area (Å²) in [5, 5.41) is 0. The SMILES string of the molecule is Cc1ncc(-c2ccc3c(c2)N(c2cccc(S(C)(=O)=O)c2)C(=O)C3(C)C)cn1. The molecule has 6 nitrogen and oxygen atoms in total. The van der Waals surface area contributed by atoms with Crippen LogP contribution >= 0.6 is 0 Å². The summed E-state index contributed by atoms with van der Waals surface area (Å²) in [7, 11) is -3.39. The molecule has 0 saturated carbocycles. The summed E-state index contributed by atoms with van der Waals surface area (Å²) >= 11 is 0. The average Bonchev–Trinajstić information content (AvgIpc) is 2.87. The molecule has 7 heteroatoms. The fourth-order valence-corrected chi connectivity index (χ4v) is 4.24. The highest BCUT2D eigenvalue weighted by atomic mass is 32.2. The molecule has 29 heavy (non-hydrogen) atoms. The Labute approximate surface area is 170 Å². The monoisotopic (exact) mass is 407 g/mol. The first kappa shape index (κ1) is 19.3. The van der Waals surface area contributed by atoms with Crippen LogP contribution in [0.2, 0.25) is 0 Å². The average molecular weight is 407 g/mol. The normalized spacial score (nSPS) is 15.4. The van der Waals surface area contributed by atoms with Crippen LogP contribution in [0, 0.1) is 6.92 Å². The van der Waals surface area contributed by atoms with Gasteiger partial charge in [0.15, 0.2) is 9.84 Å². The number of hydrogen-bond donors (Lipinski definition) is 0. The van der Waals surface area contributed by atoms with Gasteiger partial charge in [-0.05, 0) is 56.2 Å². The Morgan fingerprint density at radius 1 is 0.966 bits per heavy atom. The van der Waals surface area contributed by atoms with Crippen LogP contribution in [0.15, 0.2) is 59.8 Å². The number of anilines is 2. The highest BCUT2D eigenvalue weighted by Crippen LogP contribution is 2.46. The first-order valence-electron chi connectivity index (χ1n) is 9.17. The van der Waals surface area contributed by atoms with Crippen molar-refractivity contribution in [2.45, 2.75) is 31.1 Å². The number of carbonyl (C=O) groups is 1. The second-order valence-corrected chi connectivity index (χ2v) is 9.80. The van der Waals surface area contributed by atoms with Crippen molar-refractivity contribution in [1.29, 1.82) is 0 Å². The molecular weight excluding hydrogens is 386 g/mol. The van der Waals surface area contributed by atoms with Gasteiger partial charge in [0.2, 0.25) is 5.91 Å². The van der Waals surface area contributed by atoms with Crippen LogP contribution in [0.25, 0.3) is 11.1 Å². The maximum absolute atomic E-state index is 13.3. The zero-order chi connectivity index (χ0) is 21.0. The molecule has 2 heterocycles. The van der Waals surface area contributed by atoms with E-state index in [0.717, 1.165) is 28.6 Å². The lowest BCUT2D eigenvalue weighted by molar-refractivity contribution is -0.121. The summed E-state index contributed by atoms with van der Waals surface area (Å²) in [6.07, 6.45) is 4.66. The van der Waals surface area contributed by atoms with Crippen molar-refractivity contribution in [2.24, 2.45) is 0 Å². The van der Waals surface area contributed by atoms with E-state index in [2.05, 4.69) is 9.97 Å². The Morgan fingerprint density at radius 2 is 1.66 bits per heavy atom. The third-order valence-electron chi connectivity index (χ3n) is 5.27. The van der Waals surface area contributed by atoms with Crippen LogP contribution in [-0.4, -0.2) is 30.5 Å². The van der Waals surface area contributed by atoms with Gasteiger partial charge in [-0.1, -0.05) is 18.2 Å². The van der Waals surface area contributed by atoms with E-state index in [1.165, 1.54) is 6.07 Å². The van der Waals surface area contributed by atoms with Crippen molar-refractivity contribution in [2.75, 3.05) is 11.2 Å². The van der Waals surface area contributed by atoms with E-state index in [1.54, 1.807) is 35.5 Å². The second-order valence-electron chi connectivity index (χ2n) is 7.79. The lowest BCUT2D eigenvalue weighted by Crippen LogP contribution is -2.33. The van der Waals surface area contributed by atoms with Crippen molar-refractivity contribution in [1.82, 2.24) is 9.97 Å². The fourth-order valence-electron chi connectivity index (χ4n) is 3.58. The molecule has 0 fully saturated rings. The Balaban J connectivity index is 1.89. The summed E-state index contributed by atoms with van der Waals surface area (Å²) in [4.78, 5) is 23.6. The van der Waals surface area contributed by atoms with E-state index in [0.29, 0.717) is 11.5 Å². The van der Waals surface area contributed by atoms with Gasteiger partial charge in [-0.2, -0.15) is 0 Å². The quantitative estimate of drug-likeness (QED) is 0.659. The Hall–Kier alpha value is -3.06. The topological polar surface area (TPSA) is 80.2 Å². The molecule has 0 radical (unpaired) electrons. The summed E-state index contributed by atoms with van der Waals surface area (Å²) in [6, 6.07) is 12.3. The zero-order valence-corrected chi connectivity index (χ0v) is 17.5. The summed E-state index contributed by atoms with van der Waals surface area (Å²) in [6.45, 7) is 5.58. The van der Waals surface area contributed by atoms with Gasteiger partial charge in [0.05, 0.1) is 21.7 Å². The number of amides is 1. The van der Waals surface area contributed by atoms with E-state index in [4.69, 9.17) is 0 Å². The lowest BCUT2D eigenvalue weighted by Gasteiger charge is -2.21. The minimum Gasteiger partial charge on any atom is -0.280 e. The van der Waals surface area contributed by atoms with Crippen LogP contribution in [0.5, 0.6) is 0 Å². The minimum atomic E-state index is -3.39. The van der Waals surface area contributed by atoms with E-state index < -0.39 is 15.3 Å². The Morgan fingerprint density at radius 3 is 2.31 bits per heavy atom. The van der Waals surface area contributed by atoms with Gasteiger partial charge in [-0.25, -0.2) is 18.4 Å². The molecule has 0 saturated heterocycles. The number of carbonyl (C=O) groups excluding carboxylic acids is 1. The molecule has 0 atom stereocenters. The third kappa shape index (κ3) is 3.21. The smallest absolute Gasteiger partial charge is 0.241 e. The van der Waals surface area contributed by atoms with Gasteiger partial charge in [-0.15, -0.1) is 0 Å². The summed E-state index contributed by atoms with van der Waals surface area (Å²) in [5.74, 6) is 0.584. The molecule has 0 N–H and O–H groups in total. The predicted octanol–water partition coefficient (Wildman–Crippen LogP) is 3.81. The van der Waals surface area contributed by atoms with Crippen LogP contribution in [0.1, 0.15) is 25.2 Å². The molecule has 0 bridgehead atoms. The number of benzene rings is 2. The predicted molar refractivity (Wildman–Crippen MR) is 112 cm³/mol. The number of sulfone groups is 1. The molecule has 0 unspecified atom stereocenters. The number of rotatable bonds is 3. The first-order chi connectivity index (χ1) is 13.6. The molecule has 3 aromatic rings. The maximum atomic E-state index is 13.3. The van der Waals surface area contributed by atoms with Crippen LogP contribution in [-0.2, 0) is 20.0 Å². The summed E-state index contributed by atoms with van der Waals surface area (Å²) in [5.41, 5.74) is 3.17. The van der Waals surface area contributed by atoms with Gasteiger partial charge < -0.3 is 0 Å². The molecule has 0 aliphatic carbocycles. The van der Waals surface area contributed by atoms with Crippen molar-refractivity contribution in [3.05, 3.63) is 66.2 Å². The van der Waals surface area contributed by atoms with Crippen LogP contribution in [0.4, 0.5) is 11.4 Å².